The largest absolute Gasteiger partial charge is 0.456 e. The van der Waals surface area contributed by atoms with Crippen molar-refractivity contribution in [2.45, 2.75) is 0 Å². The van der Waals surface area contributed by atoms with Gasteiger partial charge in [-0.2, -0.15) is 0 Å². The van der Waals surface area contributed by atoms with Gasteiger partial charge in [-0.15, -0.1) is 0 Å². The van der Waals surface area contributed by atoms with E-state index in [0.717, 1.165) is 99.5 Å². The summed E-state index contributed by atoms with van der Waals surface area (Å²) >= 11 is 0. The predicted molar refractivity (Wildman–Crippen MR) is 256 cm³/mol. The van der Waals surface area contributed by atoms with Gasteiger partial charge in [-0.05, 0) is 64.7 Å². The van der Waals surface area contributed by atoms with Crippen molar-refractivity contribution >= 4 is 65.7 Å². The van der Waals surface area contributed by atoms with Crippen LogP contribution >= 0.6 is 0 Å². The first kappa shape index (κ1) is 35.2. The SMILES string of the molecule is c1ccc(-c2ccc(-c3nc(-c4ccccc4)nc(-c4cccc5oc6ccc(-c7cccc8oc9c(-n%10c%11ccccc%11c%11ccccc%11%10)cccc9c78)cc6c45)n3)cc2)cc1. The van der Waals surface area contributed by atoms with Crippen molar-refractivity contribution in [2.24, 2.45) is 0 Å². The van der Waals surface area contributed by atoms with E-state index in [9.17, 15) is 0 Å². The summed E-state index contributed by atoms with van der Waals surface area (Å²) in [4.78, 5) is 15.3. The van der Waals surface area contributed by atoms with Crippen LogP contribution < -0.4 is 0 Å². The van der Waals surface area contributed by atoms with Crippen molar-refractivity contribution in [3.05, 3.63) is 206 Å². The summed E-state index contributed by atoms with van der Waals surface area (Å²) in [5.41, 5.74) is 13.6. The summed E-state index contributed by atoms with van der Waals surface area (Å²) in [6.07, 6.45) is 0. The molecule has 0 saturated carbocycles. The lowest BCUT2D eigenvalue weighted by Gasteiger charge is -2.10. The Morgan fingerprint density at radius 3 is 1.54 bits per heavy atom. The zero-order chi connectivity index (χ0) is 41.4. The van der Waals surface area contributed by atoms with Crippen LogP contribution in [0.5, 0.6) is 0 Å². The van der Waals surface area contributed by atoms with Crippen molar-refractivity contribution in [2.75, 3.05) is 0 Å². The standard InChI is InChI=1S/C57H34N4O2/c1-3-14-35(15-4-1)36-28-30-38(31-29-36)56-58-55(37-16-5-2-6-17-37)59-57(60-56)44-22-13-26-50-53(44)45-34-39(32-33-49(45)62-50)40-20-12-27-51-52(40)43-21-11-25-48(54(43)63-51)61-46-23-9-7-18-41(46)42-19-8-10-24-47(42)61/h1-34H. The van der Waals surface area contributed by atoms with Crippen LogP contribution in [0.1, 0.15) is 0 Å². The number of fused-ring (bicyclic) bond motifs is 9. The number of para-hydroxylation sites is 3. The first-order chi connectivity index (χ1) is 31.2. The monoisotopic (exact) mass is 806 g/mol. The highest BCUT2D eigenvalue weighted by Crippen LogP contribution is 2.43. The maximum Gasteiger partial charge on any atom is 0.164 e. The molecule has 4 heterocycles. The minimum atomic E-state index is 0.574. The molecular formula is C57H34N4O2. The Bertz CT molecular complexity index is 3850. The third kappa shape index (κ3) is 5.62. The highest BCUT2D eigenvalue weighted by molar-refractivity contribution is 6.18. The van der Waals surface area contributed by atoms with Crippen molar-refractivity contribution < 1.29 is 8.83 Å². The second kappa shape index (κ2) is 14.0. The molecule has 13 rings (SSSR count). The van der Waals surface area contributed by atoms with Crippen LogP contribution in [0.15, 0.2) is 215 Å². The molecule has 0 saturated heterocycles. The van der Waals surface area contributed by atoms with Gasteiger partial charge in [0, 0.05) is 49.0 Å². The predicted octanol–water partition coefficient (Wildman–Crippen LogP) is 15.1. The first-order valence-electron chi connectivity index (χ1n) is 21.1. The number of furan rings is 2. The van der Waals surface area contributed by atoms with E-state index in [2.05, 4.69) is 162 Å². The van der Waals surface area contributed by atoms with Gasteiger partial charge in [-0.3, -0.25) is 0 Å². The lowest BCUT2D eigenvalue weighted by molar-refractivity contribution is 0.666. The van der Waals surface area contributed by atoms with Gasteiger partial charge in [0.15, 0.2) is 23.1 Å². The van der Waals surface area contributed by atoms with Crippen LogP contribution in [0.3, 0.4) is 0 Å². The van der Waals surface area contributed by atoms with E-state index in [4.69, 9.17) is 23.8 Å². The highest BCUT2D eigenvalue weighted by atomic mass is 16.3. The number of hydrogen-bond donors (Lipinski definition) is 0. The average Bonchev–Trinajstić information content (AvgIpc) is 4.04. The number of nitrogens with zero attached hydrogens (tertiary/aromatic N) is 4. The third-order valence-electron chi connectivity index (χ3n) is 12.3. The van der Waals surface area contributed by atoms with E-state index in [0.29, 0.717) is 17.5 Å². The molecule has 63 heavy (non-hydrogen) atoms. The number of hydrogen-bond acceptors (Lipinski definition) is 5. The molecular weight excluding hydrogens is 773 g/mol. The van der Waals surface area contributed by atoms with Crippen LogP contribution in [0.2, 0.25) is 0 Å². The Morgan fingerprint density at radius 2 is 0.825 bits per heavy atom. The summed E-state index contributed by atoms with van der Waals surface area (Å²) in [5.74, 6) is 1.78. The Balaban J connectivity index is 0.980. The molecule has 4 aromatic heterocycles. The molecule has 0 spiro atoms. The molecule has 0 aliphatic heterocycles. The molecule has 0 amide bonds. The molecule has 0 N–H and O–H groups in total. The number of benzene rings is 9. The molecule has 6 nitrogen and oxygen atoms in total. The summed E-state index contributed by atoms with van der Waals surface area (Å²) in [5, 5.41) is 6.47. The van der Waals surface area contributed by atoms with Crippen molar-refractivity contribution in [1.82, 2.24) is 19.5 Å². The van der Waals surface area contributed by atoms with Gasteiger partial charge in [-0.25, -0.2) is 15.0 Å². The van der Waals surface area contributed by atoms with Crippen LogP contribution in [0.4, 0.5) is 0 Å². The van der Waals surface area contributed by atoms with Crippen LogP contribution in [0, 0.1) is 0 Å². The van der Waals surface area contributed by atoms with E-state index in [1.165, 1.54) is 10.8 Å². The maximum absolute atomic E-state index is 6.85. The van der Waals surface area contributed by atoms with Crippen molar-refractivity contribution in [3.8, 4) is 62.1 Å². The zero-order valence-corrected chi connectivity index (χ0v) is 33.7. The lowest BCUT2D eigenvalue weighted by atomic mass is 9.97. The van der Waals surface area contributed by atoms with Crippen LogP contribution in [0.25, 0.3) is 128 Å². The van der Waals surface area contributed by atoms with Crippen LogP contribution in [-0.2, 0) is 0 Å². The van der Waals surface area contributed by atoms with Gasteiger partial charge in [0.25, 0.3) is 0 Å². The molecule has 0 radical (unpaired) electrons. The second-order valence-electron chi connectivity index (χ2n) is 15.9. The summed E-state index contributed by atoms with van der Waals surface area (Å²) in [6, 6.07) is 71.4. The normalized spacial score (nSPS) is 11.8. The van der Waals surface area contributed by atoms with Crippen LogP contribution in [-0.4, -0.2) is 19.5 Å². The highest BCUT2D eigenvalue weighted by Gasteiger charge is 2.22. The lowest BCUT2D eigenvalue weighted by Crippen LogP contribution is -2.00. The second-order valence-corrected chi connectivity index (χ2v) is 15.9. The molecule has 0 fully saturated rings. The molecule has 0 aliphatic carbocycles. The zero-order valence-electron chi connectivity index (χ0n) is 33.7. The Hall–Kier alpha value is -8.61. The summed E-state index contributed by atoms with van der Waals surface area (Å²) in [6.45, 7) is 0. The van der Waals surface area contributed by atoms with E-state index in [-0.39, 0.29) is 0 Å². The van der Waals surface area contributed by atoms with Gasteiger partial charge in [-0.1, -0.05) is 164 Å². The van der Waals surface area contributed by atoms with Gasteiger partial charge >= 0.3 is 0 Å². The topological polar surface area (TPSA) is 69.9 Å². The maximum atomic E-state index is 6.85. The molecule has 294 valence electrons. The third-order valence-corrected chi connectivity index (χ3v) is 12.3. The van der Waals surface area contributed by atoms with Gasteiger partial charge in [0.2, 0.25) is 0 Å². The fourth-order valence-corrected chi connectivity index (χ4v) is 9.40. The van der Waals surface area contributed by atoms with E-state index >= 15 is 0 Å². The van der Waals surface area contributed by atoms with Crippen molar-refractivity contribution in [1.29, 1.82) is 0 Å². The molecule has 6 heteroatoms. The first-order valence-corrected chi connectivity index (χ1v) is 21.1. The molecule has 13 aromatic rings. The minimum absolute atomic E-state index is 0.574. The minimum Gasteiger partial charge on any atom is -0.456 e. The molecule has 9 aromatic carbocycles. The molecule has 0 bridgehead atoms. The smallest absolute Gasteiger partial charge is 0.164 e. The summed E-state index contributed by atoms with van der Waals surface area (Å²) in [7, 11) is 0. The fraction of sp³-hybridized carbons (Fsp3) is 0. The number of rotatable bonds is 6. The number of aromatic nitrogens is 4. The Morgan fingerprint density at radius 1 is 0.317 bits per heavy atom. The summed E-state index contributed by atoms with van der Waals surface area (Å²) < 4.78 is 15.7. The fourth-order valence-electron chi connectivity index (χ4n) is 9.40. The molecule has 0 unspecified atom stereocenters. The van der Waals surface area contributed by atoms with Gasteiger partial charge < -0.3 is 13.4 Å². The average molecular weight is 807 g/mol. The van der Waals surface area contributed by atoms with Crippen molar-refractivity contribution in [3.63, 3.8) is 0 Å². The molecule has 0 atom stereocenters. The van der Waals surface area contributed by atoms with E-state index < -0.39 is 0 Å². The van der Waals surface area contributed by atoms with Gasteiger partial charge in [0.05, 0.1) is 16.7 Å². The van der Waals surface area contributed by atoms with Gasteiger partial charge in [0.1, 0.15) is 16.7 Å². The quantitative estimate of drug-likeness (QED) is 0.167. The Labute approximate surface area is 361 Å². The molecule has 0 aliphatic rings. The van der Waals surface area contributed by atoms with E-state index in [1.54, 1.807) is 0 Å². The Kier molecular flexibility index (Phi) is 7.80. The van der Waals surface area contributed by atoms with E-state index in [1.807, 2.05) is 48.5 Å².